The molecule has 0 bridgehead atoms. The number of nitrogens with one attached hydrogen (secondary N) is 2. The van der Waals surface area contributed by atoms with E-state index in [2.05, 4.69) is 66.0 Å². The number of nitrogens with zero attached hydrogens (tertiary/aromatic N) is 7. The lowest BCUT2D eigenvalue weighted by molar-refractivity contribution is 0.0982. The second-order valence-corrected chi connectivity index (χ2v) is 15.3. The van der Waals surface area contributed by atoms with Crippen molar-refractivity contribution in [2.45, 2.75) is 18.9 Å². The number of fused-ring (bicyclic) bond motifs is 1. The first-order chi connectivity index (χ1) is 21.7. The molecule has 2 N–H and O–H groups in total. The van der Waals surface area contributed by atoms with Gasteiger partial charge in [-0.25, -0.2) is 4.98 Å². The van der Waals surface area contributed by atoms with Crippen LogP contribution < -0.4 is 25.6 Å². The van der Waals surface area contributed by atoms with Crippen molar-refractivity contribution in [3.8, 4) is 5.75 Å². The van der Waals surface area contributed by atoms with E-state index in [0.717, 1.165) is 37.6 Å². The summed E-state index contributed by atoms with van der Waals surface area (Å²) in [6.07, 6.45) is 8.97. The number of methoxy groups -OCH3 is 1. The lowest BCUT2D eigenvalue weighted by Crippen LogP contribution is -2.52. The summed E-state index contributed by atoms with van der Waals surface area (Å²) in [4.78, 5) is 25.7. The van der Waals surface area contributed by atoms with E-state index in [1.165, 1.54) is 25.9 Å². The SMILES string of the molecule is C=Cc1cnc(Nc2ccc(N3CCC(N4CCN(C)CC4)CC3)cc2OC)nc1Nc1ccc2nccnc2c1P(C)(C)=O. The van der Waals surface area contributed by atoms with Crippen molar-refractivity contribution in [3.05, 3.63) is 61.1 Å². The van der Waals surface area contributed by atoms with E-state index in [-0.39, 0.29) is 0 Å². The number of anilines is 5. The summed E-state index contributed by atoms with van der Waals surface area (Å²) in [6.45, 7) is 14.1. The van der Waals surface area contributed by atoms with Gasteiger partial charge in [0.15, 0.2) is 0 Å². The highest BCUT2D eigenvalue weighted by molar-refractivity contribution is 7.71. The topological polar surface area (TPSA) is 112 Å². The molecule has 11 nitrogen and oxygen atoms in total. The largest absolute Gasteiger partial charge is 0.494 e. The molecule has 2 aromatic carbocycles. The highest BCUT2D eigenvalue weighted by atomic mass is 31.2. The standard InChI is InChI=1S/C33H42N9O2P/c1-6-23-22-36-33(39-32(23)37-28-10-9-27-30(35-14-13-34-27)31(28)45(4,5)43)38-26-8-7-25(21-29(26)44-3)41-15-11-24(12-16-41)42-19-17-40(2)18-20-42/h6-10,13-14,21-22,24H,1,11-12,15-20H2,2-5H3,(H2,36,37,38,39). The van der Waals surface area contributed by atoms with Gasteiger partial charge in [0.2, 0.25) is 5.95 Å². The molecule has 0 atom stereocenters. The molecule has 0 radical (unpaired) electrons. The van der Waals surface area contributed by atoms with Gasteiger partial charge in [-0.05, 0) is 57.5 Å². The zero-order valence-electron chi connectivity index (χ0n) is 26.5. The zero-order chi connectivity index (χ0) is 31.6. The Morgan fingerprint density at radius 2 is 1.69 bits per heavy atom. The van der Waals surface area contributed by atoms with Crippen molar-refractivity contribution in [2.75, 3.05) is 82.3 Å². The molecule has 12 heteroatoms. The molecule has 0 unspecified atom stereocenters. The van der Waals surface area contributed by atoms with E-state index in [1.807, 2.05) is 18.2 Å². The molecular formula is C33H42N9O2P. The molecule has 0 spiro atoms. The molecule has 0 saturated carbocycles. The Hall–Kier alpha value is -4.05. The van der Waals surface area contributed by atoms with Crippen LogP contribution >= 0.6 is 7.14 Å². The van der Waals surface area contributed by atoms with Crippen LogP contribution in [0.1, 0.15) is 18.4 Å². The molecule has 2 aromatic heterocycles. The second-order valence-electron chi connectivity index (χ2n) is 12.1. The first-order valence-electron chi connectivity index (χ1n) is 15.4. The highest BCUT2D eigenvalue weighted by Gasteiger charge is 2.27. The van der Waals surface area contributed by atoms with Crippen LogP contribution in [0.15, 0.2) is 55.5 Å². The Kier molecular flexibility index (Phi) is 9.03. The van der Waals surface area contributed by atoms with E-state index < -0.39 is 7.14 Å². The summed E-state index contributed by atoms with van der Waals surface area (Å²) in [7, 11) is 1.14. The molecule has 236 valence electrons. The summed E-state index contributed by atoms with van der Waals surface area (Å²) >= 11 is 0. The first kappa shape index (κ1) is 31.0. The average Bonchev–Trinajstić information content (AvgIpc) is 3.05. The predicted octanol–water partition coefficient (Wildman–Crippen LogP) is 5.02. The van der Waals surface area contributed by atoms with E-state index in [4.69, 9.17) is 9.72 Å². The minimum atomic E-state index is -2.74. The van der Waals surface area contributed by atoms with Crippen molar-refractivity contribution < 1.29 is 9.30 Å². The maximum atomic E-state index is 13.4. The summed E-state index contributed by atoms with van der Waals surface area (Å²) in [5.74, 6) is 1.63. The van der Waals surface area contributed by atoms with Gasteiger partial charge in [0.1, 0.15) is 24.2 Å². The van der Waals surface area contributed by atoms with Gasteiger partial charge >= 0.3 is 0 Å². The fraction of sp³-hybridized carbons (Fsp3) is 0.394. The number of aromatic nitrogens is 4. The zero-order valence-corrected chi connectivity index (χ0v) is 27.4. The normalized spacial score (nSPS) is 16.9. The Morgan fingerprint density at radius 1 is 0.956 bits per heavy atom. The third-order valence-corrected chi connectivity index (χ3v) is 10.3. The van der Waals surface area contributed by atoms with Crippen LogP contribution in [0.3, 0.4) is 0 Å². The van der Waals surface area contributed by atoms with E-state index in [1.54, 1.807) is 45.1 Å². The van der Waals surface area contributed by atoms with Gasteiger partial charge in [-0.2, -0.15) is 4.98 Å². The van der Waals surface area contributed by atoms with Gasteiger partial charge in [-0.3, -0.25) is 14.9 Å². The molecule has 2 aliphatic heterocycles. The molecule has 2 fully saturated rings. The maximum absolute atomic E-state index is 13.4. The monoisotopic (exact) mass is 627 g/mol. The lowest BCUT2D eigenvalue weighted by Gasteiger charge is -2.42. The summed E-state index contributed by atoms with van der Waals surface area (Å²) < 4.78 is 19.2. The number of hydrogen-bond donors (Lipinski definition) is 2. The predicted molar refractivity (Wildman–Crippen MR) is 185 cm³/mol. The Balaban J connectivity index is 1.20. The fourth-order valence-electron chi connectivity index (χ4n) is 6.27. The third kappa shape index (κ3) is 6.81. The van der Waals surface area contributed by atoms with Gasteiger partial charge in [0.25, 0.3) is 0 Å². The van der Waals surface area contributed by atoms with Crippen molar-refractivity contribution in [1.82, 2.24) is 29.7 Å². The molecular weight excluding hydrogens is 585 g/mol. The lowest BCUT2D eigenvalue weighted by atomic mass is 10.0. The Labute approximate surface area is 265 Å². The van der Waals surface area contributed by atoms with Crippen LogP contribution in [-0.2, 0) is 4.57 Å². The number of rotatable bonds is 9. The van der Waals surface area contributed by atoms with Crippen LogP contribution in [0.2, 0.25) is 0 Å². The number of benzene rings is 2. The molecule has 6 rings (SSSR count). The van der Waals surface area contributed by atoms with Crippen LogP contribution in [0.5, 0.6) is 5.75 Å². The van der Waals surface area contributed by atoms with Crippen LogP contribution in [-0.4, -0.2) is 103 Å². The molecule has 4 aromatic rings. The summed E-state index contributed by atoms with van der Waals surface area (Å²) in [5.41, 5.74) is 4.56. The van der Waals surface area contributed by atoms with Crippen molar-refractivity contribution >= 4 is 58.4 Å². The number of likely N-dealkylation sites (N-methyl/N-ethyl adjacent to an activating group) is 1. The van der Waals surface area contributed by atoms with Gasteiger partial charge in [0.05, 0.1) is 29.3 Å². The maximum Gasteiger partial charge on any atom is 0.229 e. The molecule has 45 heavy (non-hydrogen) atoms. The third-order valence-electron chi connectivity index (χ3n) is 8.76. The molecule has 0 amide bonds. The molecule has 0 aliphatic carbocycles. The smallest absolute Gasteiger partial charge is 0.229 e. The van der Waals surface area contributed by atoms with Crippen molar-refractivity contribution in [3.63, 3.8) is 0 Å². The minimum Gasteiger partial charge on any atom is -0.494 e. The van der Waals surface area contributed by atoms with Crippen LogP contribution in [0.25, 0.3) is 17.1 Å². The van der Waals surface area contributed by atoms with Crippen LogP contribution in [0.4, 0.5) is 28.8 Å². The number of piperazine rings is 1. The second kappa shape index (κ2) is 13.1. The number of ether oxygens (including phenoxy) is 1. The average molecular weight is 628 g/mol. The van der Waals surface area contributed by atoms with E-state index >= 15 is 0 Å². The molecule has 4 heterocycles. The summed E-state index contributed by atoms with van der Waals surface area (Å²) in [5, 5.41) is 7.34. The van der Waals surface area contributed by atoms with Gasteiger partial charge in [-0.1, -0.05) is 12.7 Å². The Morgan fingerprint density at radius 3 is 2.40 bits per heavy atom. The Bertz CT molecular complexity index is 1730. The quantitative estimate of drug-likeness (QED) is 0.244. The van der Waals surface area contributed by atoms with Gasteiger partial charge in [-0.15, -0.1) is 0 Å². The molecule has 2 aliphatic rings. The van der Waals surface area contributed by atoms with Crippen molar-refractivity contribution in [1.29, 1.82) is 0 Å². The van der Waals surface area contributed by atoms with Gasteiger partial charge in [0, 0.05) is 81.2 Å². The molecule has 2 saturated heterocycles. The minimum absolute atomic E-state index is 0.389. The van der Waals surface area contributed by atoms with E-state index in [0.29, 0.717) is 51.1 Å². The highest BCUT2D eigenvalue weighted by Crippen LogP contribution is 2.41. The van der Waals surface area contributed by atoms with Gasteiger partial charge < -0.3 is 29.7 Å². The van der Waals surface area contributed by atoms with E-state index in [9.17, 15) is 4.57 Å². The van der Waals surface area contributed by atoms with Crippen molar-refractivity contribution in [2.24, 2.45) is 0 Å². The number of hydrogen-bond acceptors (Lipinski definition) is 11. The summed E-state index contributed by atoms with van der Waals surface area (Å²) in [6, 6.07) is 10.6. The number of piperidine rings is 1. The fourth-order valence-corrected chi connectivity index (χ4v) is 7.67. The first-order valence-corrected chi connectivity index (χ1v) is 18.0. The van der Waals surface area contributed by atoms with Crippen LogP contribution in [0, 0.1) is 0 Å².